The van der Waals surface area contributed by atoms with Gasteiger partial charge in [0.15, 0.2) is 0 Å². The summed E-state index contributed by atoms with van der Waals surface area (Å²) in [6.45, 7) is 4.03. The smallest absolute Gasteiger partial charge is 0.255 e. The van der Waals surface area contributed by atoms with E-state index in [0.29, 0.717) is 5.56 Å². The van der Waals surface area contributed by atoms with Gasteiger partial charge >= 0.3 is 0 Å². The van der Waals surface area contributed by atoms with Gasteiger partial charge in [-0.15, -0.1) is 0 Å². The molecule has 0 aliphatic carbocycles. The first kappa shape index (κ1) is 11.4. The van der Waals surface area contributed by atoms with E-state index >= 15 is 0 Å². The second-order valence-electron chi connectivity index (χ2n) is 4.14. The van der Waals surface area contributed by atoms with Crippen molar-refractivity contribution in [3.63, 3.8) is 0 Å². The number of anilines is 1. The number of amides is 1. The Morgan fingerprint density at radius 3 is 2.35 bits per heavy atom. The first-order chi connectivity index (χ1) is 8.16. The lowest BCUT2D eigenvalue weighted by molar-refractivity contribution is 0.102. The molecule has 2 aromatic carbocycles. The average Bonchev–Trinajstić information content (AvgIpc) is 2.34. The van der Waals surface area contributed by atoms with Crippen molar-refractivity contribution in [2.24, 2.45) is 0 Å². The molecule has 0 aromatic heterocycles. The second kappa shape index (κ2) is 4.83. The zero-order valence-electron chi connectivity index (χ0n) is 10.0. The van der Waals surface area contributed by atoms with E-state index in [-0.39, 0.29) is 5.91 Å². The molecule has 1 amide bonds. The van der Waals surface area contributed by atoms with Gasteiger partial charge in [-0.2, -0.15) is 0 Å². The summed E-state index contributed by atoms with van der Waals surface area (Å²) in [5.41, 5.74) is 3.81. The van der Waals surface area contributed by atoms with E-state index in [4.69, 9.17) is 0 Å². The molecule has 0 atom stereocenters. The van der Waals surface area contributed by atoms with Crippen LogP contribution >= 0.6 is 0 Å². The van der Waals surface area contributed by atoms with Crippen molar-refractivity contribution in [1.29, 1.82) is 0 Å². The van der Waals surface area contributed by atoms with Gasteiger partial charge in [-0.05, 0) is 37.6 Å². The number of nitrogens with one attached hydrogen (secondary N) is 1. The lowest BCUT2D eigenvalue weighted by atomic mass is 10.1. The highest BCUT2D eigenvalue weighted by molar-refractivity contribution is 6.04. The van der Waals surface area contributed by atoms with Crippen molar-refractivity contribution in [2.75, 3.05) is 5.32 Å². The van der Waals surface area contributed by atoms with Gasteiger partial charge in [0, 0.05) is 11.3 Å². The fraction of sp³-hybridized carbons (Fsp3) is 0.133. The van der Waals surface area contributed by atoms with E-state index in [0.717, 1.165) is 11.3 Å². The van der Waals surface area contributed by atoms with Crippen LogP contribution in [0.3, 0.4) is 0 Å². The maximum absolute atomic E-state index is 11.9. The Kier molecular flexibility index (Phi) is 3.24. The molecule has 2 aromatic rings. The van der Waals surface area contributed by atoms with E-state index in [9.17, 15) is 4.79 Å². The van der Waals surface area contributed by atoms with Crippen LogP contribution in [0.1, 0.15) is 21.5 Å². The van der Waals surface area contributed by atoms with Crippen molar-refractivity contribution in [3.8, 4) is 0 Å². The molecule has 0 saturated carbocycles. The quantitative estimate of drug-likeness (QED) is 0.832. The fourth-order valence-electron chi connectivity index (χ4n) is 1.74. The Morgan fingerprint density at radius 2 is 1.71 bits per heavy atom. The first-order valence-electron chi connectivity index (χ1n) is 5.60. The predicted octanol–water partition coefficient (Wildman–Crippen LogP) is 3.56. The molecule has 0 spiro atoms. The number of rotatable bonds is 2. The second-order valence-corrected chi connectivity index (χ2v) is 4.14. The Balaban J connectivity index is 2.19. The van der Waals surface area contributed by atoms with Gasteiger partial charge in [0.1, 0.15) is 0 Å². The number of carbonyl (C=O) groups excluding carboxylic acids is 1. The Morgan fingerprint density at radius 1 is 1.00 bits per heavy atom. The summed E-state index contributed by atoms with van der Waals surface area (Å²) in [5, 5.41) is 2.91. The average molecular weight is 225 g/mol. The number of hydrogen-bond donors (Lipinski definition) is 1. The summed E-state index contributed by atoms with van der Waals surface area (Å²) < 4.78 is 0. The number of benzene rings is 2. The highest BCUT2D eigenvalue weighted by Crippen LogP contribution is 2.16. The summed E-state index contributed by atoms with van der Waals surface area (Å²) in [7, 11) is 0. The van der Waals surface area contributed by atoms with Crippen LogP contribution in [0.25, 0.3) is 0 Å². The van der Waals surface area contributed by atoms with E-state index in [1.54, 1.807) is 12.1 Å². The first-order valence-corrected chi connectivity index (χ1v) is 5.60. The SMILES string of the molecule is Cc1ccc(NC(=O)c2ccccc2)c(C)c1. The molecule has 0 aliphatic heterocycles. The Hall–Kier alpha value is -2.09. The van der Waals surface area contributed by atoms with Gasteiger partial charge in [0.25, 0.3) is 5.91 Å². The zero-order chi connectivity index (χ0) is 12.3. The monoisotopic (exact) mass is 225 g/mol. The lowest BCUT2D eigenvalue weighted by Crippen LogP contribution is -2.12. The summed E-state index contributed by atoms with van der Waals surface area (Å²) in [6, 6.07) is 15.2. The molecule has 0 saturated heterocycles. The molecule has 0 bridgehead atoms. The van der Waals surface area contributed by atoms with E-state index in [1.807, 2.05) is 44.2 Å². The molecule has 0 fully saturated rings. The van der Waals surface area contributed by atoms with Crippen LogP contribution in [0.2, 0.25) is 0 Å². The highest BCUT2D eigenvalue weighted by Gasteiger charge is 2.06. The molecule has 1 N–H and O–H groups in total. The van der Waals surface area contributed by atoms with E-state index in [2.05, 4.69) is 11.4 Å². The molecule has 86 valence electrons. The molecular formula is C15H15NO. The van der Waals surface area contributed by atoms with Crippen LogP contribution in [-0.2, 0) is 0 Å². The van der Waals surface area contributed by atoms with Crippen LogP contribution in [0.4, 0.5) is 5.69 Å². The van der Waals surface area contributed by atoms with Gasteiger partial charge in [0.05, 0.1) is 0 Å². The van der Waals surface area contributed by atoms with E-state index in [1.165, 1.54) is 5.56 Å². The topological polar surface area (TPSA) is 29.1 Å². The van der Waals surface area contributed by atoms with Gasteiger partial charge in [-0.3, -0.25) is 4.79 Å². The molecular weight excluding hydrogens is 210 g/mol. The fourth-order valence-corrected chi connectivity index (χ4v) is 1.74. The number of hydrogen-bond acceptors (Lipinski definition) is 1. The van der Waals surface area contributed by atoms with Crippen LogP contribution < -0.4 is 5.32 Å². The third kappa shape index (κ3) is 2.72. The van der Waals surface area contributed by atoms with Gasteiger partial charge < -0.3 is 5.32 Å². The molecule has 2 nitrogen and oxygen atoms in total. The number of carbonyl (C=O) groups is 1. The molecule has 0 unspecified atom stereocenters. The van der Waals surface area contributed by atoms with Crippen LogP contribution in [0.15, 0.2) is 48.5 Å². The zero-order valence-corrected chi connectivity index (χ0v) is 10.0. The molecule has 2 heteroatoms. The van der Waals surface area contributed by atoms with Crippen LogP contribution in [-0.4, -0.2) is 5.91 Å². The third-order valence-electron chi connectivity index (χ3n) is 2.67. The van der Waals surface area contributed by atoms with Crippen molar-refractivity contribution >= 4 is 11.6 Å². The van der Waals surface area contributed by atoms with Crippen molar-refractivity contribution in [2.45, 2.75) is 13.8 Å². The Bertz CT molecular complexity index is 532. The third-order valence-corrected chi connectivity index (χ3v) is 2.67. The number of aryl methyl sites for hydroxylation is 2. The van der Waals surface area contributed by atoms with Crippen LogP contribution in [0, 0.1) is 13.8 Å². The van der Waals surface area contributed by atoms with Crippen molar-refractivity contribution in [1.82, 2.24) is 0 Å². The minimum absolute atomic E-state index is 0.0717. The van der Waals surface area contributed by atoms with Gasteiger partial charge in [-0.25, -0.2) is 0 Å². The predicted molar refractivity (Wildman–Crippen MR) is 70.3 cm³/mol. The van der Waals surface area contributed by atoms with Crippen molar-refractivity contribution in [3.05, 3.63) is 65.2 Å². The largest absolute Gasteiger partial charge is 0.322 e. The summed E-state index contributed by atoms with van der Waals surface area (Å²) >= 11 is 0. The minimum Gasteiger partial charge on any atom is -0.322 e. The summed E-state index contributed by atoms with van der Waals surface area (Å²) in [5.74, 6) is -0.0717. The Labute approximate surface area is 101 Å². The summed E-state index contributed by atoms with van der Waals surface area (Å²) in [4.78, 5) is 11.9. The molecule has 0 aliphatic rings. The van der Waals surface area contributed by atoms with E-state index < -0.39 is 0 Å². The van der Waals surface area contributed by atoms with Gasteiger partial charge in [0.2, 0.25) is 0 Å². The molecule has 2 rings (SSSR count). The maximum atomic E-state index is 11.9. The normalized spacial score (nSPS) is 10.0. The highest BCUT2D eigenvalue weighted by atomic mass is 16.1. The van der Waals surface area contributed by atoms with Gasteiger partial charge in [-0.1, -0.05) is 35.9 Å². The molecule has 0 heterocycles. The molecule has 17 heavy (non-hydrogen) atoms. The standard InChI is InChI=1S/C15H15NO/c1-11-8-9-14(12(2)10-11)16-15(17)13-6-4-3-5-7-13/h3-10H,1-2H3,(H,16,17). The lowest BCUT2D eigenvalue weighted by Gasteiger charge is -2.08. The minimum atomic E-state index is -0.0717. The van der Waals surface area contributed by atoms with Crippen molar-refractivity contribution < 1.29 is 4.79 Å². The maximum Gasteiger partial charge on any atom is 0.255 e. The summed E-state index contributed by atoms with van der Waals surface area (Å²) in [6.07, 6.45) is 0. The van der Waals surface area contributed by atoms with Crippen LogP contribution in [0.5, 0.6) is 0 Å². The molecule has 0 radical (unpaired) electrons.